The fraction of sp³-hybridized carbons (Fsp3) is 0.368. The van der Waals surface area contributed by atoms with Gasteiger partial charge >= 0.3 is 0 Å². The highest BCUT2D eigenvalue weighted by atomic mass is 35.5. The number of halogens is 1. The molecule has 25 heavy (non-hydrogen) atoms. The first-order valence-corrected chi connectivity index (χ1v) is 8.72. The summed E-state index contributed by atoms with van der Waals surface area (Å²) in [5.74, 6) is 0.968. The topological polar surface area (TPSA) is 61.2 Å². The number of rotatable bonds is 4. The third-order valence-corrected chi connectivity index (χ3v) is 4.37. The number of morpholine rings is 1. The van der Waals surface area contributed by atoms with Gasteiger partial charge < -0.3 is 15.0 Å². The van der Waals surface area contributed by atoms with Crippen molar-refractivity contribution in [2.75, 3.05) is 23.3 Å². The number of nitrogens with one attached hydrogen (secondary N) is 1. The van der Waals surface area contributed by atoms with Gasteiger partial charge in [-0.15, -0.1) is 0 Å². The van der Waals surface area contributed by atoms with E-state index in [0.717, 1.165) is 30.2 Å². The standard InChI is InChI=1S/C19H21ClN4O/c1-13-11-24(12-14(2)25-13)19-6-3-15(10-23-19)9-22-18-5-4-17(20)7-16(18)8-21/h3-7,10,13-14,22H,9,11-12H2,1-2H3. The van der Waals surface area contributed by atoms with Gasteiger partial charge in [0.1, 0.15) is 11.9 Å². The lowest BCUT2D eigenvalue weighted by Crippen LogP contribution is -2.45. The maximum atomic E-state index is 9.19. The highest BCUT2D eigenvalue weighted by Crippen LogP contribution is 2.21. The van der Waals surface area contributed by atoms with Crippen molar-refractivity contribution in [3.05, 3.63) is 52.7 Å². The molecule has 130 valence electrons. The fourth-order valence-electron chi connectivity index (χ4n) is 3.03. The van der Waals surface area contributed by atoms with Gasteiger partial charge in [0, 0.05) is 30.9 Å². The van der Waals surface area contributed by atoms with Crippen molar-refractivity contribution in [2.24, 2.45) is 0 Å². The van der Waals surface area contributed by atoms with Crippen LogP contribution in [0.15, 0.2) is 36.5 Å². The molecule has 0 spiro atoms. The highest BCUT2D eigenvalue weighted by molar-refractivity contribution is 6.30. The molecule has 2 unspecified atom stereocenters. The van der Waals surface area contributed by atoms with Crippen LogP contribution in [0.1, 0.15) is 25.0 Å². The highest BCUT2D eigenvalue weighted by Gasteiger charge is 2.22. The van der Waals surface area contributed by atoms with Crippen LogP contribution in [0, 0.1) is 11.3 Å². The smallest absolute Gasteiger partial charge is 0.128 e. The molecule has 3 rings (SSSR count). The second-order valence-corrected chi connectivity index (χ2v) is 6.78. The van der Waals surface area contributed by atoms with Crippen LogP contribution in [-0.2, 0) is 11.3 Å². The molecule has 0 bridgehead atoms. The van der Waals surface area contributed by atoms with Gasteiger partial charge in [-0.2, -0.15) is 5.26 Å². The SMILES string of the molecule is CC1CN(c2ccc(CNc3ccc(Cl)cc3C#N)cn2)CC(C)O1. The molecule has 6 heteroatoms. The Kier molecular flexibility index (Phi) is 5.42. The normalized spacial score (nSPS) is 20.2. The maximum Gasteiger partial charge on any atom is 0.128 e. The number of aromatic nitrogens is 1. The van der Waals surface area contributed by atoms with E-state index in [9.17, 15) is 5.26 Å². The Labute approximate surface area is 153 Å². The van der Waals surface area contributed by atoms with E-state index in [1.165, 1.54) is 0 Å². The zero-order valence-electron chi connectivity index (χ0n) is 14.4. The van der Waals surface area contributed by atoms with Gasteiger partial charge in [-0.05, 0) is 43.7 Å². The summed E-state index contributed by atoms with van der Waals surface area (Å²) in [6.45, 7) is 6.47. The molecule has 1 aromatic carbocycles. The van der Waals surface area contributed by atoms with E-state index in [1.54, 1.807) is 12.1 Å². The molecule has 0 aliphatic carbocycles. The van der Waals surface area contributed by atoms with E-state index in [-0.39, 0.29) is 12.2 Å². The molecule has 1 aromatic heterocycles. The van der Waals surface area contributed by atoms with Crippen molar-refractivity contribution < 1.29 is 4.74 Å². The molecule has 1 aliphatic heterocycles. The first-order chi connectivity index (χ1) is 12.0. The molecule has 1 fully saturated rings. The van der Waals surface area contributed by atoms with Crippen LogP contribution in [0.5, 0.6) is 0 Å². The molecule has 0 amide bonds. The third-order valence-electron chi connectivity index (χ3n) is 4.14. The first kappa shape index (κ1) is 17.5. The predicted molar refractivity (Wildman–Crippen MR) is 100.0 cm³/mol. The van der Waals surface area contributed by atoms with E-state index in [1.807, 2.05) is 18.3 Å². The number of pyridine rings is 1. The maximum absolute atomic E-state index is 9.19. The zero-order chi connectivity index (χ0) is 17.8. The second kappa shape index (κ2) is 7.73. The minimum atomic E-state index is 0.209. The van der Waals surface area contributed by atoms with Crippen LogP contribution in [0.3, 0.4) is 0 Å². The molecule has 2 heterocycles. The van der Waals surface area contributed by atoms with Gasteiger partial charge in [-0.1, -0.05) is 17.7 Å². The predicted octanol–water partition coefficient (Wildman–Crippen LogP) is 3.83. The summed E-state index contributed by atoms with van der Waals surface area (Å²) < 4.78 is 5.76. The van der Waals surface area contributed by atoms with Gasteiger partial charge in [-0.25, -0.2) is 4.98 Å². The van der Waals surface area contributed by atoms with Gasteiger partial charge in [0.15, 0.2) is 0 Å². The van der Waals surface area contributed by atoms with E-state index < -0.39 is 0 Å². The van der Waals surface area contributed by atoms with Crippen LogP contribution >= 0.6 is 11.6 Å². The number of anilines is 2. The Morgan fingerprint density at radius 2 is 2.04 bits per heavy atom. The van der Waals surface area contributed by atoms with E-state index in [0.29, 0.717) is 17.1 Å². The molecule has 2 aromatic rings. The molecule has 0 saturated carbocycles. The average Bonchev–Trinajstić information content (AvgIpc) is 2.60. The lowest BCUT2D eigenvalue weighted by Gasteiger charge is -2.36. The molecule has 2 atom stereocenters. The van der Waals surface area contributed by atoms with Crippen molar-refractivity contribution in [1.29, 1.82) is 5.26 Å². The third kappa shape index (κ3) is 4.41. The summed E-state index contributed by atoms with van der Waals surface area (Å²) in [6, 6.07) is 11.5. The number of nitriles is 1. The lowest BCUT2D eigenvalue weighted by molar-refractivity contribution is -0.00545. The zero-order valence-corrected chi connectivity index (χ0v) is 15.1. The Morgan fingerprint density at radius 3 is 2.68 bits per heavy atom. The summed E-state index contributed by atoms with van der Waals surface area (Å²) in [5, 5.41) is 13.0. The monoisotopic (exact) mass is 356 g/mol. The number of nitrogens with zero attached hydrogens (tertiary/aromatic N) is 3. The number of benzene rings is 1. The summed E-state index contributed by atoms with van der Waals surface area (Å²) in [4.78, 5) is 6.84. The van der Waals surface area contributed by atoms with E-state index in [2.05, 4.69) is 41.2 Å². The van der Waals surface area contributed by atoms with Crippen LogP contribution in [0.4, 0.5) is 11.5 Å². The molecule has 0 radical (unpaired) electrons. The van der Waals surface area contributed by atoms with Crippen LogP contribution in [-0.4, -0.2) is 30.3 Å². The number of hydrogen-bond donors (Lipinski definition) is 1. The van der Waals surface area contributed by atoms with Crippen LogP contribution in [0.25, 0.3) is 0 Å². The van der Waals surface area contributed by atoms with E-state index >= 15 is 0 Å². The first-order valence-electron chi connectivity index (χ1n) is 8.34. The van der Waals surface area contributed by atoms with E-state index in [4.69, 9.17) is 16.3 Å². The van der Waals surface area contributed by atoms with Crippen molar-refractivity contribution >= 4 is 23.1 Å². The summed E-state index contributed by atoms with van der Waals surface area (Å²) in [7, 11) is 0. The molecule has 5 nitrogen and oxygen atoms in total. The van der Waals surface area contributed by atoms with Crippen molar-refractivity contribution in [2.45, 2.75) is 32.6 Å². The molecule has 1 aliphatic rings. The molecule has 1 saturated heterocycles. The van der Waals surface area contributed by atoms with Crippen molar-refractivity contribution in [3.8, 4) is 6.07 Å². The lowest BCUT2D eigenvalue weighted by atomic mass is 10.2. The fourth-order valence-corrected chi connectivity index (χ4v) is 3.21. The Bertz CT molecular complexity index is 762. The quantitative estimate of drug-likeness (QED) is 0.902. The summed E-state index contributed by atoms with van der Waals surface area (Å²) in [6.07, 6.45) is 2.29. The second-order valence-electron chi connectivity index (χ2n) is 6.34. The van der Waals surface area contributed by atoms with Crippen LogP contribution < -0.4 is 10.2 Å². The van der Waals surface area contributed by atoms with Gasteiger partial charge in [0.2, 0.25) is 0 Å². The number of ether oxygens (including phenoxy) is 1. The number of hydrogen-bond acceptors (Lipinski definition) is 5. The average molecular weight is 357 g/mol. The van der Waals surface area contributed by atoms with Gasteiger partial charge in [-0.3, -0.25) is 0 Å². The Hall–Kier alpha value is -2.29. The minimum absolute atomic E-state index is 0.209. The summed E-state index contributed by atoms with van der Waals surface area (Å²) >= 11 is 5.92. The molecular weight excluding hydrogens is 336 g/mol. The van der Waals surface area contributed by atoms with Gasteiger partial charge in [0.25, 0.3) is 0 Å². The molecular formula is C19H21ClN4O. The molecule has 1 N–H and O–H groups in total. The Balaban J connectivity index is 1.64. The Morgan fingerprint density at radius 1 is 1.28 bits per heavy atom. The summed E-state index contributed by atoms with van der Waals surface area (Å²) in [5.41, 5.74) is 2.36. The van der Waals surface area contributed by atoms with Crippen LogP contribution in [0.2, 0.25) is 5.02 Å². The van der Waals surface area contributed by atoms with Crippen molar-refractivity contribution in [3.63, 3.8) is 0 Å². The van der Waals surface area contributed by atoms with Gasteiger partial charge in [0.05, 0.1) is 23.5 Å². The van der Waals surface area contributed by atoms with Crippen molar-refractivity contribution in [1.82, 2.24) is 4.98 Å². The minimum Gasteiger partial charge on any atom is -0.380 e. The largest absolute Gasteiger partial charge is 0.380 e.